The number of carbonyl (C=O) groups is 1. The Hall–Kier alpha value is -1.42. The van der Waals surface area contributed by atoms with Crippen molar-refractivity contribution in [2.75, 3.05) is 6.61 Å². The zero-order chi connectivity index (χ0) is 13.1. The zero-order valence-electron chi connectivity index (χ0n) is 10.5. The Bertz CT molecular complexity index is 502. The van der Waals surface area contributed by atoms with Gasteiger partial charge in [-0.15, -0.1) is 0 Å². The summed E-state index contributed by atoms with van der Waals surface area (Å²) in [6, 6.07) is 7.45. The van der Waals surface area contributed by atoms with E-state index < -0.39 is 16.0 Å². The van der Waals surface area contributed by atoms with Crippen molar-refractivity contribution in [2.45, 2.75) is 30.4 Å². The van der Waals surface area contributed by atoms with Crippen molar-refractivity contribution >= 4 is 16.6 Å². The van der Waals surface area contributed by atoms with Crippen molar-refractivity contribution in [3.05, 3.63) is 41.7 Å². The summed E-state index contributed by atoms with van der Waals surface area (Å²) in [4.78, 5) is 12.5. The normalized spacial score (nSPS) is 20.7. The number of aryl methyl sites for hydroxylation is 1. The Labute approximate surface area is 109 Å². The minimum absolute atomic E-state index is 0.0997. The van der Waals surface area contributed by atoms with Gasteiger partial charge < -0.3 is 4.74 Å². The third kappa shape index (κ3) is 2.70. The van der Waals surface area contributed by atoms with Crippen LogP contribution in [0.15, 0.2) is 41.0 Å². The van der Waals surface area contributed by atoms with Crippen LogP contribution in [0.1, 0.15) is 18.9 Å². The molecule has 4 heteroatoms. The standard InChI is InChI=1S/C14H16O3S/c1-3-17-11-8-13(15)14(9-11)18(16)12-6-4-10(2)5-7-12/h4-8,14H,3,9H2,1-2H3/t14-,18?/m1/s1. The highest BCUT2D eigenvalue weighted by atomic mass is 32.2. The SMILES string of the molecule is CCOC1=CC(=O)[C@H](S(=O)c2ccc(C)cc2)C1. The van der Waals surface area contributed by atoms with Crippen molar-refractivity contribution in [1.82, 2.24) is 0 Å². The zero-order valence-corrected chi connectivity index (χ0v) is 11.3. The van der Waals surface area contributed by atoms with Crippen LogP contribution >= 0.6 is 0 Å². The maximum Gasteiger partial charge on any atom is 0.175 e. The van der Waals surface area contributed by atoms with E-state index in [0.717, 1.165) is 5.56 Å². The molecular formula is C14H16O3S. The van der Waals surface area contributed by atoms with Gasteiger partial charge in [0, 0.05) is 17.4 Å². The minimum atomic E-state index is -1.30. The molecule has 0 aromatic heterocycles. The molecule has 1 aliphatic rings. The number of allylic oxidation sites excluding steroid dienone is 2. The van der Waals surface area contributed by atoms with Crippen molar-refractivity contribution in [3.63, 3.8) is 0 Å². The van der Waals surface area contributed by atoms with E-state index in [0.29, 0.717) is 23.7 Å². The van der Waals surface area contributed by atoms with E-state index in [9.17, 15) is 9.00 Å². The van der Waals surface area contributed by atoms with Gasteiger partial charge in [-0.05, 0) is 26.0 Å². The molecule has 18 heavy (non-hydrogen) atoms. The number of hydrogen-bond acceptors (Lipinski definition) is 3. The van der Waals surface area contributed by atoms with Gasteiger partial charge in [0.2, 0.25) is 0 Å². The summed E-state index contributed by atoms with van der Waals surface area (Å²) in [5.74, 6) is 0.547. The molecule has 0 saturated carbocycles. The van der Waals surface area contributed by atoms with Gasteiger partial charge in [0.1, 0.15) is 11.0 Å². The van der Waals surface area contributed by atoms with Crippen molar-refractivity contribution < 1.29 is 13.7 Å². The highest BCUT2D eigenvalue weighted by Crippen LogP contribution is 2.25. The largest absolute Gasteiger partial charge is 0.498 e. The lowest BCUT2D eigenvalue weighted by Gasteiger charge is -2.09. The molecule has 1 aliphatic carbocycles. The van der Waals surface area contributed by atoms with Crippen LogP contribution in [0.25, 0.3) is 0 Å². The topological polar surface area (TPSA) is 43.4 Å². The molecule has 1 aromatic rings. The number of rotatable bonds is 4. The first-order valence-electron chi connectivity index (χ1n) is 5.96. The number of ketones is 1. The van der Waals surface area contributed by atoms with Crippen LogP contribution in [0.2, 0.25) is 0 Å². The van der Waals surface area contributed by atoms with E-state index >= 15 is 0 Å². The molecule has 1 unspecified atom stereocenters. The van der Waals surface area contributed by atoms with Gasteiger partial charge in [0.05, 0.1) is 17.4 Å². The summed E-state index contributed by atoms with van der Waals surface area (Å²) in [5.41, 5.74) is 1.11. The Morgan fingerprint density at radius 1 is 1.33 bits per heavy atom. The average molecular weight is 264 g/mol. The average Bonchev–Trinajstić information content (AvgIpc) is 2.71. The van der Waals surface area contributed by atoms with Crippen molar-refractivity contribution in [2.24, 2.45) is 0 Å². The molecule has 1 aromatic carbocycles. The molecule has 3 nitrogen and oxygen atoms in total. The quantitative estimate of drug-likeness (QED) is 0.838. The molecule has 0 N–H and O–H groups in total. The second kappa shape index (κ2) is 5.48. The Morgan fingerprint density at radius 3 is 2.61 bits per heavy atom. The van der Waals surface area contributed by atoms with E-state index in [1.807, 2.05) is 38.1 Å². The lowest BCUT2D eigenvalue weighted by molar-refractivity contribution is -0.113. The third-order valence-corrected chi connectivity index (χ3v) is 4.50. The third-order valence-electron chi connectivity index (χ3n) is 2.85. The predicted octanol–water partition coefficient (Wildman–Crippen LogP) is 2.36. The van der Waals surface area contributed by atoms with Gasteiger partial charge in [-0.25, -0.2) is 0 Å². The summed E-state index contributed by atoms with van der Waals surface area (Å²) in [6.45, 7) is 4.38. The lowest BCUT2D eigenvalue weighted by Crippen LogP contribution is -2.20. The summed E-state index contributed by atoms with van der Waals surface area (Å²) < 4.78 is 17.6. The Kier molecular flexibility index (Phi) is 3.97. The lowest BCUT2D eigenvalue weighted by atomic mass is 10.2. The van der Waals surface area contributed by atoms with E-state index in [2.05, 4.69) is 0 Å². The molecule has 2 rings (SSSR count). The molecule has 0 bridgehead atoms. The molecular weight excluding hydrogens is 248 g/mol. The van der Waals surface area contributed by atoms with Gasteiger partial charge >= 0.3 is 0 Å². The maximum atomic E-state index is 12.3. The highest BCUT2D eigenvalue weighted by Gasteiger charge is 2.32. The molecule has 0 fully saturated rings. The van der Waals surface area contributed by atoms with E-state index in [-0.39, 0.29) is 5.78 Å². The number of carbonyl (C=O) groups excluding carboxylic acids is 1. The summed E-state index contributed by atoms with van der Waals surface area (Å²) in [6.07, 6.45) is 1.91. The van der Waals surface area contributed by atoms with Crippen LogP contribution in [0.4, 0.5) is 0 Å². The van der Waals surface area contributed by atoms with Crippen LogP contribution < -0.4 is 0 Å². The predicted molar refractivity (Wildman–Crippen MR) is 70.7 cm³/mol. The van der Waals surface area contributed by atoms with E-state index in [1.54, 1.807) is 0 Å². The molecule has 2 atom stereocenters. The number of hydrogen-bond donors (Lipinski definition) is 0. The van der Waals surface area contributed by atoms with Crippen LogP contribution in [0.5, 0.6) is 0 Å². The molecule has 0 aliphatic heterocycles. The second-order valence-electron chi connectivity index (χ2n) is 4.25. The van der Waals surface area contributed by atoms with Crippen molar-refractivity contribution in [1.29, 1.82) is 0 Å². The minimum Gasteiger partial charge on any atom is -0.498 e. The summed E-state index contributed by atoms with van der Waals surface area (Å²) in [5, 5.41) is -0.491. The monoisotopic (exact) mass is 264 g/mol. The van der Waals surface area contributed by atoms with Gasteiger partial charge in [-0.1, -0.05) is 17.7 Å². The first kappa shape index (κ1) is 13.0. The van der Waals surface area contributed by atoms with Crippen molar-refractivity contribution in [3.8, 4) is 0 Å². The second-order valence-corrected chi connectivity index (χ2v) is 5.88. The molecule has 96 valence electrons. The van der Waals surface area contributed by atoms with Gasteiger partial charge in [-0.3, -0.25) is 9.00 Å². The summed E-state index contributed by atoms with van der Waals surface area (Å²) >= 11 is 0. The van der Waals surface area contributed by atoms with Gasteiger partial charge in [-0.2, -0.15) is 0 Å². The molecule has 0 spiro atoms. The fraction of sp³-hybridized carbons (Fsp3) is 0.357. The van der Waals surface area contributed by atoms with E-state index in [4.69, 9.17) is 4.74 Å². The molecule has 0 amide bonds. The van der Waals surface area contributed by atoms with E-state index in [1.165, 1.54) is 6.08 Å². The highest BCUT2D eigenvalue weighted by molar-refractivity contribution is 7.86. The first-order chi connectivity index (χ1) is 8.61. The summed E-state index contributed by atoms with van der Waals surface area (Å²) in [7, 11) is -1.30. The van der Waals surface area contributed by atoms with Gasteiger partial charge in [0.15, 0.2) is 5.78 Å². The fourth-order valence-corrected chi connectivity index (χ4v) is 3.23. The maximum absolute atomic E-state index is 12.3. The first-order valence-corrected chi connectivity index (χ1v) is 7.17. The smallest absolute Gasteiger partial charge is 0.175 e. The van der Waals surface area contributed by atoms with Crippen LogP contribution in [0.3, 0.4) is 0 Å². The van der Waals surface area contributed by atoms with Crippen LogP contribution in [0, 0.1) is 6.92 Å². The molecule has 0 saturated heterocycles. The Balaban J connectivity index is 2.12. The molecule has 0 heterocycles. The number of benzene rings is 1. The fourth-order valence-electron chi connectivity index (χ4n) is 1.90. The van der Waals surface area contributed by atoms with Crippen LogP contribution in [-0.4, -0.2) is 21.8 Å². The Morgan fingerprint density at radius 2 is 2.00 bits per heavy atom. The number of ether oxygens (including phenoxy) is 1. The van der Waals surface area contributed by atoms with Crippen LogP contribution in [-0.2, 0) is 20.3 Å². The molecule has 0 radical (unpaired) electrons. The van der Waals surface area contributed by atoms with Gasteiger partial charge in [0.25, 0.3) is 0 Å².